The zero-order valence-electron chi connectivity index (χ0n) is 13.3. The number of benzene rings is 2. The average Bonchev–Trinajstić information content (AvgIpc) is 3.39. The Balaban J connectivity index is 1.65. The summed E-state index contributed by atoms with van der Waals surface area (Å²) in [6.07, 6.45) is 2.57. The van der Waals surface area contributed by atoms with Crippen LogP contribution >= 0.6 is 0 Å². The lowest BCUT2D eigenvalue weighted by Gasteiger charge is -2.11. The highest BCUT2D eigenvalue weighted by molar-refractivity contribution is 5.93. The van der Waals surface area contributed by atoms with Crippen LogP contribution in [-0.4, -0.2) is 26.1 Å². The number of ether oxygens (including phenoxy) is 1. The first-order valence-corrected chi connectivity index (χ1v) is 8.00. The van der Waals surface area contributed by atoms with E-state index in [4.69, 9.17) is 4.74 Å². The summed E-state index contributed by atoms with van der Waals surface area (Å²) in [6, 6.07) is 15.7. The van der Waals surface area contributed by atoms with Gasteiger partial charge in [0, 0.05) is 11.3 Å². The number of para-hydroxylation sites is 1. The van der Waals surface area contributed by atoms with Gasteiger partial charge in [-0.2, -0.15) is 0 Å². The minimum absolute atomic E-state index is 0.0113. The second-order valence-electron chi connectivity index (χ2n) is 5.90. The third-order valence-electron chi connectivity index (χ3n) is 3.98. The van der Waals surface area contributed by atoms with Crippen molar-refractivity contribution in [2.24, 2.45) is 5.92 Å². The largest absolute Gasteiger partial charge is 0.496 e. The quantitative estimate of drug-likeness (QED) is 0.825. The molecule has 2 aromatic carbocycles. The highest BCUT2D eigenvalue weighted by atomic mass is 16.5. The van der Waals surface area contributed by atoms with Crippen molar-refractivity contribution in [1.82, 2.24) is 5.32 Å². The lowest BCUT2D eigenvalue weighted by Crippen LogP contribution is -2.29. The Labute approximate surface area is 136 Å². The maximum Gasteiger partial charge on any atom is 0.238 e. The van der Waals surface area contributed by atoms with Gasteiger partial charge >= 0.3 is 0 Å². The lowest BCUT2D eigenvalue weighted by atomic mass is 10.0. The van der Waals surface area contributed by atoms with E-state index in [1.165, 1.54) is 12.8 Å². The Bertz CT molecular complexity index is 681. The predicted octanol–water partition coefficient (Wildman–Crippen LogP) is 3.30. The van der Waals surface area contributed by atoms with E-state index < -0.39 is 0 Å². The normalized spacial score (nSPS) is 13.6. The fraction of sp³-hybridized carbons (Fsp3) is 0.316. The maximum absolute atomic E-state index is 12.0. The van der Waals surface area contributed by atoms with Crippen molar-refractivity contribution >= 4 is 11.6 Å². The van der Waals surface area contributed by atoms with Crippen LogP contribution in [0, 0.1) is 5.92 Å². The van der Waals surface area contributed by atoms with Crippen molar-refractivity contribution in [3.05, 3.63) is 48.5 Å². The summed E-state index contributed by atoms with van der Waals surface area (Å²) in [7, 11) is 1.66. The molecule has 120 valence electrons. The molecule has 0 aromatic heterocycles. The summed E-state index contributed by atoms with van der Waals surface area (Å²) in [5.41, 5.74) is 2.83. The van der Waals surface area contributed by atoms with Gasteiger partial charge in [0.15, 0.2) is 0 Å². The molecule has 2 N–H and O–H groups in total. The minimum Gasteiger partial charge on any atom is -0.496 e. The van der Waals surface area contributed by atoms with Crippen molar-refractivity contribution in [1.29, 1.82) is 0 Å². The van der Waals surface area contributed by atoms with Gasteiger partial charge in [0.05, 0.1) is 13.7 Å². The molecule has 4 nitrogen and oxygen atoms in total. The van der Waals surface area contributed by atoms with Gasteiger partial charge in [0.25, 0.3) is 0 Å². The van der Waals surface area contributed by atoms with Gasteiger partial charge in [0.1, 0.15) is 5.75 Å². The van der Waals surface area contributed by atoms with Crippen LogP contribution in [0.3, 0.4) is 0 Å². The third-order valence-corrected chi connectivity index (χ3v) is 3.98. The molecule has 1 amide bonds. The first kappa shape index (κ1) is 15.6. The van der Waals surface area contributed by atoms with Crippen molar-refractivity contribution < 1.29 is 9.53 Å². The standard InChI is InChI=1S/C19H22N2O2/c1-23-18-8-3-2-7-17(18)15-5-4-6-16(11-15)21-19(22)13-20-12-14-9-10-14/h2-8,11,14,20H,9-10,12-13H2,1H3,(H,21,22). The van der Waals surface area contributed by atoms with E-state index in [1.807, 2.05) is 48.5 Å². The highest BCUT2D eigenvalue weighted by Gasteiger charge is 2.20. The Hall–Kier alpha value is -2.33. The van der Waals surface area contributed by atoms with Gasteiger partial charge in [-0.05, 0) is 49.1 Å². The van der Waals surface area contributed by atoms with Crippen molar-refractivity contribution in [3.63, 3.8) is 0 Å². The van der Waals surface area contributed by atoms with Gasteiger partial charge in [0.2, 0.25) is 5.91 Å². The van der Waals surface area contributed by atoms with Gasteiger partial charge in [-0.15, -0.1) is 0 Å². The molecule has 1 fully saturated rings. The van der Waals surface area contributed by atoms with E-state index in [0.29, 0.717) is 6.54 Å². The molecule has 0 heterocycles. The number of nitrogens with one attached hydrogen (secondary N) is 2. The molecule has 0 saturated heterocycles. The molecule has 0 aliphatic heterocycles. The Kier molecular flexibility index (Phi) is 4.93. The maximum atomic E-state index is 12.0. The van der Waals surface area contributed by atoms with Crippen LogP contribution in [-0.2, 0) is 4.79 Å². The van der Waals surface area contributed by atoms with Crippen LogP contribution in [0.25, 0.3) is 11.1 Å². The lowest BCUT2D eigenvalue weighted by molar-refractivity contribution is -0.115. The number of hydrogen-bond acceptors (Lipinski definition) is 3. The first-order valence-electron chi connectivity index (χ1n) is 8.00. The van der Waals surface area contributed by atoms with Crippen LogP contribution < -0.4 is 15.4 Å². The zero-order valence-corrected chi connectivity index (χ0v) is 13.3. The highest BCUT2D eigenvalue weighted by Crippen LogP contribution is 2.31. The van der Waals surface area contributed by atoms with Crippen LogP contribution in [0.4, 0.5) is 5.69 Å². The van der Waals surface area contributed by atoms with E-state index in [0.717, 1.165) is 35.0 Å². The van der Waals surface area contributed by atoms with E-state index in [1.54, 1.807) is 7.11 Å². The summed E-state index contributed by atoms with van der Waals surface area (Å²) < 4.78 is 5.40. The van der Waals surface area contributed by atoms with Crippen molar-refractivity contribution in [3.8, 4) is 16.9 Å². The first-order chi connectivity index (χ1) is 11.3. The zero-order chi connectivity index (χ0) is 16.1. The smallest absolute Gasteiger partial charge is 0.238 e. The van der Waals surface area contributed by atoms with Gasteiger partial charge in [-0.3, -0.25) is 4.79 Å². The van der Waals surface area contributed by atoms with Crippen LogP contribution in [0.2, 0.25) is 0 Å². The van der Waals surface area contributed by atoms with E-state index in [2.05, 4.69) is 10.6 Å². The summed E-state index contributed by atoms with van der Waals surface area (Å²) >= 11 is 0. The fourth-order valence-electron chi connectivity index (χ4n) is 2.56. The Morgan fingerprint density at radius 2 is 2.00 bits per heavy atom. The number of carbonyl (C=O) groups is 1. The SMILES string of the molecule is COc1ccccc1-c1cccc(NC(=O)CNCC2CC2)c1. The summed E-state index contributed by atoms with van der Waals surface area (Å²) in [4.78, 5) is 12.0. The summed E-state index contributed by atoms with van der Waals surface area (Å²) in [5.74, 6) is 1.58. The molecule has 1 aliphatic carbocycles. The molecule has 1 saturated carbocycles. The van der Waals surface area contributed by atoms with Crippen molar-refractivity contribution in [2.45, 2.75) is 12.8 Å². The Morgan fingerprint density at radius 3 is 2.78 bits per heavy atom. The minimum atomic E-state index is -0.0113. The van der Waals surface area contributed by atoms with Crippen LogP contribution in [0.1, 0.15) is 12.8 Å². The number of rotatable bonds is 7. The topological polar surface area (TPSA) is 50.4 Å². The number of methoxy groups -OCH3 is 1. The van der Waals surface area contributed by atoms with Crippen LogP contribution in [0.5, 0.6) is 5.75 Å². The molecule has 3 rings (SSSR count). The van der Waals surface area contributed by atoms with Crippen molar-refractivity contribution in [2.75, 3.05) is 25.5 Å². The number of carbonyl (C=O) groups excluding carboxylic acids is 1. The van der Waals surface area contributed by atoms with Gasteiger partial charge < -0.3 is 15.4 Å². The van der Waals surface area contributed by atoms with Crippen LogP contribution in [0.15, 0.2) is 48.5 Å². The van der Waals surface area contributed by atoms with E-state index >= 15 is 0 Å². The van der Waals surface area contributed by atoms with E-state index in [9.17, 15) is 4.79 Å². The fourth-order valence-corrected chi connectivity index (χ4v) is 2.56. The monoisotopic (exact) mass is 310 g/mol. The number of amides is 1. The second kappa shape index (κ2) is 7.29. The predicted molar refractivity (Wildman–Crippen MR) is 92.7 cm³/mol. The Morgan fingerprint density at radius 1 is 1.17 bits per heavy atom. The van der Waals surface area contributed by atoms with Gasteiger partial charge in [-0.25, -0.2) is 0 Å². The molecule has 0 unspecified atom stereocenters. The molecule has 2 aromatic rings. The molecule has 4 heteroatoms. The molecular weight excluding hydrogens is 288 g/mol. The number of anilines is 1. The molecular formula is C19H22N2O2. The third kappa shape index (κ3) is 4.33. The molecule has 1 aliphatic rings. The molecule has 23 heavy (non-hydrogen) atoms. The van der Waals surface area contributed by atoms with Gasteiger partial charge in [-0.1, -0.05) is 30.3 Å². The molecule has 0 atom stereocenters. The molecule has 0 spiro atoms. The van der Waals surface area contributed by atoms with E-state index in [-0.39, 0.29) is 5.91 Å². The summed E-state index contributed by atoms with van der Waals surface area (Å²) in [6.45, 7) is 1.30. The molecule has 0 bridgehead atoms. The summed E-state index contributed by atoms with van der Waals surface area (Å²) in [5, 5.41) is 6.14. The number of hydrogen-bond donors (Lipinski definition) is 2. The molecule has 0 radical (unpaired) electrons. The average molecular weight is 310 g/mol. The second-order valence-corrected chi connectivity index (χ2v) is 5.90.